The van der Waals surface area contributed by atoms with Crippen LogP contribution in [0.4, 0.5) is 17.2 Å². The number of nitrogen functional groups attached to an aromatic ring is 1. The lowest BCUT2D eigenvalue weighted by Crippen LogP contribution is -2.13. The zero-order valence-corrected chi connectivity index (χ0v) is 10.7. The molecule has 2 aromatic rings. The molecule has 0 aliphatic rings. The molecular formula is C13H12N4O3. The van der Waals surface area contributed by atoms with E-state index >= 15 is 0 Å². The summed E-state index contributed by atoms with van der Waals surface area (Å²) in [5.41, 5.74) is 6.51. The van der Waals surface area contributed by atoms with Gasteiger partial charge in [-0.05, 0) is 25.1 Å². The fourth-order valence-electron chi connectivity index (χ4n) is 1.69. The third kappa shape index (κ3) is 2.72. The molecule has 1 heterocycles. The molecule has 0 saturated carbocycles. The van der Waals surface area contributed by atoms with Crippen molar-refractivity contribution >= 4 is 23.1 Å². The lowest BCUT2D eigenvalue weighted by Gasteiger charge is -2.08. The maximum absolute atomic E-state index is 12.0. The number of carbonyl (C=O) groups excluding carboxylic acids is 1. The monoisotopic (exact) mass is 272 g/mol. The van der Waals surface area contributed by atoms with Gasteiger partial charge in [-0.25, -0.2) is 4.98 Å². The second kappa shape index (κ2) is 5.35. The number of nitrogens with one attached hydrogen (secondary N) is 1. The highest BCUT2D eigenvalue weighted by Crippen LogP contribution is 2.25. The molecule has 0 atom stereocenters. The van der Waals surface area contributed by atoms with Crippen LogP contribution in [0.3, 0.4) is 0 Å². The van der Waals surface area contributed by atoms with Crippen molar-refractivity contribution in [3.05, 3.63) is 57.8 Å². The van der Waals surface area contributed by atoms with Crippen LogP contribution in [-0.2, 0) is 0 Å². The molecule has 1 amide bonds. The molecule has 0 radical (unpaired) electrons. The maximum Gasteiger partial charge on any atom is 0.274 e. The number of nitro benzene ring substituents is 1. The Morgan fingerprint density at radius 1 is 1.35 bits per heavy atom. The molecule has 0 aliphatic heterocycles. The van der Waals surface area contributed by atoms with Crippen molar-refractivity contribution in [1.29, 1.82) is 0 Å². The lowest BCUT2D eigenvalue weighted by atomic mass is 10.1. The van der Waals surface area contributed by atoms with E-state index < -0.39 is 10.8 Å². The number of pyridine rings is 1. The molecule has 0 unspecified atom stereocenters. The van der Waals surface area contributed by atoms with Gasteiger partial charge >= 0.3 is 0 Å². The molecule has 1 aromatic carbocycles. The van der Waals surface area contributed by atoms with Gasteiger partial charge in [0, 0.05) is 12.3 Å². The van der Waals surface area contributed by atoms with Crippen molar-refractivity contribution in [3.8, 4) is 0 Å². The molecule has 3 N–H and O–H groups in total. The Bertz CT molecular complexity index is 668. The summed E-state index contributed by atoms with van der Waals surface area (Å²) >= 11 is 0. The van der Waals surface area contributed by atoms with Gasteiger partial charge in [-0.15, -0.1) is 0 Å². The van der Waals surface area contributed by atoms with Crippen LogP contribution < -0.4 is 11.1 Å². The number of benzene rings is 1. The highest BCUT2D eigenvalue weighted by Gasteiger charge is 2.15. The minimum absolute atomic E-state index is 0.0433. The Balaban J connectivity index is 2.26. The van der Waals surface area contributed by atoms with Gasteiger partial charge in [0.15, 0.2) is 0 Å². The Hall–Kier alpha value is -2.96. The second-order valence-corrected chi connectivity index (χ2v) is 4.13. The zero-order chi connectivity index (χ0) is 14.7. The van der Waals surface area contributed by atoms with E-state index in [0.29, 0.717) is 22.6 Å². The number of carbonyl (C=O) groups is 1. The predicted molar refractivity (Wildman–Crippen MR) is 74.4 cm³/mol. The van der Waals surface area contributed by atoms with E-state index in [2.05, 4.69) is 10.3 Å². The standard InChI is InChI=1S/C13H12N4O3/c1-8-10(3-2-4-11(8)17(19)20)16-13(18)9-5-6-12(14)15-7-9/h2-7H,1H3,(H2,14,15)(H,16,18). The van der Waals surface area contributed by atoms with Crippen LogP contribution in [-0.4, -0.2) is 15.8 Å². The fraction of sp³-hybridized carbons (Fsp3) is 0.0769. The molecule has 0 fully saturated rings. The van der Waals surface area contributed by atoms with Gasteiger partial charge in [0.2, 0.25) is 0 Å². The topological polar surface area (TPSA) is 111 Å². The third-order valence-electron chi connectivity index (χ3n) is 2.80. The molecule has 1 aromatic heterocycles. The predicted octanol–water partition coefficient (Wildman–Crippen LogP) is 2.13. The maximum atomic E-state index is 12.0. The van der Waals surface area contributed by atoms with Crippen molar-refractivity contribution in [2.75, 3.05) is 11.1 Å². The number of nitro groups is 1. The molecule has 0 saturated heterocycles. The third-order valence-corrected chi connectivity index (χ3v) is 2.80. The Morgan fingerprint density at radius 2 is 2.10 bits per heavy atom. The normalized spacial score (nSPS) is 10.1. The van der Waals surface area contributed by atoms with Crippen LogP contribution in [0.5, 0.6) is 0 Å². The van der Waals surface area contributed by atoms with Crippen LogP contribution in [0.15, 0.2) is 36.5 Å². The molecule has 0 aliphatic carbocycles. The fourth-order valence-corrected chi connectivity index (χ4v) is 1.69. The number of aromatic nitrogens is 1. The Morgan fingerprint density at radius 3 is 2.70 bits per heavy atom. The number of hydrogen-bond acceptors (Lipinski definition) is 5. The van der Waals surface area contributed by atoms with Crippen molar-refractivity contribution in [3.63, 3.8) is 0 Å². The van der Waals surface area contributed by atoms with Crippen LogP contribution in [0.1, 0.15) is 15.9 Å². The minimum Gasteiger partial charge on any atom is -0.384 e. The molecular weight excluding hydrogens is 260 g/mol. The average molecular weight is 272 g/mol. The van der Waals surface area contributed by atoms with E-state index in [1.165, 1.54) is 30.5 Å². The van der Waals surface area contributed by atoms with Crippen molar-refractivity contribution in [2.24, 2.45) is 0 Å². The van der Waals surface area contributed by atoms with Crippen molar-refractivity contribution in [2.45, 2.75) is 6.92 Å². The van der Waals surface area contributed by atoms with Crippen molar-refractivity contribution in [1.82, 2.24) is 4.98 Å². The first kappa shape index (κ1) is 13.5. The minimum atomic E-state index is -0.490. The number of amides is 1. The van der Waals surface area contributed by atoms with Gasteiger partial charge in [-0.3, -0.25) is 14.9 Å². The number of hydrogen-bond donors (Lipinski definition) is 2. The first-order valence-corrected chi connectivity index (χ1v) is 5.76. The van der Waals surface area contributed by atoms with Crippen molar-refractivity contribution < 1.29 is 9.72 Å². The molecule has 0 spiro atoms. The number of anilines is 2. The Labute approximate surface area is 114 Å². The van der Waals surface area contributed by atoms with Crippen LogP contribution in [0, 0.1) is 17.0 Å². The second-order valence-electron chi connectivity index (χ2n) is 4.13. The summed E-state index contributed by atoms with van der Waals surface area (Å²) in [5.74, 6) is -0.0887. The molecule has 102 valence electrons. The SMILES string of the molecule is Cc1c(NC(=O)c2ccc(N)nc2)cccc1[N+](=O)[O-]. The highest BCUT2D eigenvalue weighted by molar-refractivity contribution is 6.04. The average Bonchev–Trinajstić information content (AvgIpc) is 2.41. The van der Waals surface area contributed by atoms with Crippen LogP contribution in [0.2, 0.25) is 0 Å². The van der Waals surface area contributed by atoms with E-state index in [4.69, 9.17) is 5.73 Å². The molecule has 7 heteroatoms. The quantitative estimate of drug-likeness (QED) is 0.656. The highest BCUT2D eigenvalue weighted by atomic mass is 16.6. The van der Waals surface area contributed by atoms with E-state index in [0.717, 1.165) is 0 Å². The van der Waals surface area contributed by atoms with Gasteiger partial charge in [0.25, 0.3) is 11.6 Å². The van der Waals surface area contributed by atoms with E-state index in [1.54, 1.807) is 13.0 Å². The van der Waals surface area contributed by atoms with Gasteiger partial charge in [-0.1, -0.05) is 6.07 Å². The summed E-state index contributed by atoms with van der Waals surface area (Å²) in [6.07, 6.45) is 1.34. The number of rotatable bonds is 3. The summed E-state index contributed by atoms with van der Waals surface area (Å²) in [4.78, 5) is 26.2. The smallest absolute Gasteiger partial charge is 0.274 e. The summed E-state index contributed by atoms with van der Waals surface area (Å²) in [6, 6.07) is 7.54. The number of nitrogens with zero attached hydrogens (tertiary/aromatic N) is 2. The largest absolute Gasteiger partial charge is 0.384 e. The van der Waals surface area contributed by atoms with Crippen LogP contribution in [0.25, 0.3) is 0 Å². The van der Waals surface area contributed by atoms with E-state index in [-0.39, 0.29) is 5.69 Å². The molecule has 2 rings (SSSR count). The van der Waals surface area contributed by atoms with Crippen LogP contribution >= 0.6 is 0 Å². The summed E-state index contributed by atoms with van der Waals surface area (Å²) in [6.45, 7) is 1.58. The molecule has 7 nitrogen and oxygen atoms in total. The first-order chi connectivity index (χ1) is 9.49. The molecule has 0 bridgehead atoms. The number of nitrogens with two attached hydrogens (primary N) is 1. The lowest BCUT2D eigenvalue weighted by molar-refractivity contribution is -0.385. The summed E-state index contributed by atoms with van der Waals surface area (Å²) in [5, 5.41) is 13.5. The van der Waals surface area contributed by atoms with E-state index in [9.17, 15) is 14.9 Å². The summed E-state index contributed by atoms with van der Waals surface area (Å²) in [7, 11) is 0. The van der Waals surface area contributed by atoms with E-state index in [1.807, 2.05) is 0 Å². The first-order valence-electron chi connectivity index (χ1n) is 5.76. The van der Waals surface area contributed by atoms with Gasteiger partial charge in [-0.2, -0.15) is 0 Å². The zero-order valence-electron chi connectivity index (χ0n) is 10.7. The summed E-state index contributed by atoms with van der Waals surface area (Å²) < 4.78 is 0. The van der Waals surface area contributed by atoms with Gasteiger partial charge in [0.05, 0.1) is 21.7 Å². The van der Waals surface area contributed by atoms with Gasteiger partial charge in [0.1, 0.15) is 5.82 Å². The molecule has 20 heavy (non-hydrogen) atoms. The Kier molecular flexibility index (Phi) is 3.60. The van der Waals surface area contributed by atoms with Gasteiger partial charge < -0.3 is 11.1 Å².